The third-order valence-corrected chi connectivity index (χ3v) is 4.59. The molecule has 0 saturated carbocycles. The highest BCUT2D eigenvalue weighted by molar-refractivity contribution is 6.30. The minimum absolute atomic E-state index is 0.0394. The van der Waals surface area contributed by atoms with Crippen molar-refractivity contribution in [2.24, 2.45) is 0 Å². The third-order valence-electron chi connectivity index (χ3n) is 4.34. The van der Waals surface area contributed by atoms with E-state index in [1.807, 2.05) is 25.1 Å². The number of hydrogen-bond donors (Lipinski definition) is 0. The van der Waals surface area contributed by atoms with Gasteiger partial charge in [-0.2, -0.15) is 0 Å². The van der Waals surface area contributed by atoms with Gasteiger partial charge in [-0.3, -0.25) is 9.59 Å². The van der Waals surface area contributed by atoms with E-state index >= 15 is 0 Å². The van der Waals surface area contributed by atoms with Crippen molar-refractivity contribution in [3.05, 3.63) is 58.6 Å². The van der Waals surface area contributed by atoms with Crippen molar-refractivity contribution < 1.29 is 14.3 Å². The summed E-state index contributed by atoms with van der Waals surface area (Å²) < 4.78 is 5.29. The molecule has 0 saturated heterocycles. The number of anilines is 1. The topological polar surface area (TPSA) is 46.6 Å². The lowest BCUT2D eigenvalue weighted by Crippen LogP contribution is -2.38. The van der Waals surface area contributed by atoms with Crippen molar-refractivity contribution in [3.63, 3.8) is 0 Å². The first-order valence-electron chi connectivity index (χ1n) is 7.83. The number of nitrogens with zero attached hydrogens (tertiary/aromatic N) is 1. The molecule has 2 aromatic carbocycles. The molecule has 0 aliphatic carbocycles. The molecule has 4 nitrogen and oxygen atoms in total. The van der Waals surface area contributed by atoms with Crippen molar-refractivity contribution in [1.82, 2.24) is 0 Å². The van der Waals surface area contributed by atoms with Gasteiger partial charge in [-0.25, -0.2) is 0 Å². The predicted octanol–water partition coefficient (Wildman–Crippen LogP) is 4.07. The van der Waals surface area contributed by atoms with Gasteiger partial charge in [-0.05, 0) is 55.0 Å². The second-order valence-electron chi connectivity index (χ2n) is 5.69. The monoisotopic (exact) mass is 343 g/mol. The number of rotatable bonds is 4. The minimum atomic E-state index is -0.508. The van der Waals surface area contributed by atoms with Crippen LogP contribution in [0.2, 0.25) is 5.02 Å². The Bertz CT molecular complexity index is 786. The van der Waals surface area contributed by atoms with Gasteiger partial charge in [0.1, 0.15) is 5.75 Å². The summed E-state index contributed by atoms with van der Waals surface area (Å²) in [7, 11) is 1.59. The van der Waals surface area contributed by atoms with Gasteiger partial charge >= 0.3 is 0 Å². The second-order valence-corrected chi connectivity index (χ2v) is 6.13. The molecule has 3 rings (SSSR count). The first-order chi connectivity index (χ1) is 11.5. The zero-order valence-corrected chi connectivity index (χ0v) is 14.3. The Morgan fingerprint density at radius 1 is 1.25 bits per heavy atom. The van der Waals surface area contributed by atoms with Crippen LogP contribution >= 0.6 is 11.6 Å². The summed E-state index contributed by atoms with van der Waals surface area (Å²) in [5.41, 5.74) is 2.16. The van der Waals surface area contributed by atoms with Crippen LogP contribution in [0.25, 0.3) is 0 Å². The predicted molar refractivity (Wildman–Crippen MR) is 94.2 cm³/mol. The molecule has 1 aliphatic heterocycles. The molecule has 0 spiro atoms. The van der Waals surface area contributed by atoms with E-state index in [1.54, 1.807) is 36.3 Å². The zero-order chi connectivity index (χ0) is 17.3. The molecular weight excluding hydrogens is 326 g/mol. The maximum absolute atomic E-state index is 13.0. The Balaban J connectivity index is 2.06. The smallest absolute Gasteiger partial charge is 0.228 e. The van der Waals surface area contributed by atoms with E-state index in [9.17, 15) is 9.59 Å². The Labute approximate surface area is 146 Å². The summed E-state index contributed by atoms with van der Waals surface area (Å²) in [5, 5.41) is 0.575. The number of carbonyl (C=O) groups excluding carboxylic acids is 2. The summed E-state index contributed by atoms with van der Waals surface area (Å²) in [6.45, 7) is 2.49. The maximum atomic E-state index is 13.0. The van der Waals surface area contributed by atoms with Crippen LogP contribution in [0, 0.1) is 0 Å². The van der Waals surface area contributed by atoms with Gasteiger partial charge in [0.05, 0.1) is 13.0 Å². The molecule has 0 bridgehead atoms. The van der Waals surface area contributed by atoms with E-state index in [2.05, 4.69) is 0 Å². The second kappa shape index (κ2) is 6.65. The van der Waals surface area contributed by atoms with Gasteiger partial charge in [-0.15, -0.1) is 0 Å². The molecule has 5 heteroatoms. The van der Waals surface area contributed by atoms with Gasteiger partial charge < -0.3 is 9.64 Å². The Morgan fingerprint density at radius 3 is 2.58 bits per heavy atom. The number of methoxy groups -OCH3 is 1. The molecular formula is C19H18ClNO3. The number of ether oxygens (including phenoxy) is 1. The van der Waals surface area contributed by atoms with Crippen LogP contribution in [-0.2, 0) is 4.79 Å². The number of carbonyl (C=O) groups is 2. The molecule has 0 N–H and O–H groups in total. The Kier molecular flexibility index (Phi) is 4.58. The fourth-order valence-electron chi connectivity index (χ4n) is 3.11. The molecule has 0 fully saturated rings. The third kappa shape index (κ3) is 2.89. The van der Waals surface area contributed by atoms with Crippen LogP contribution in [0.4, 0.5) is 5.69 Å². The Hall–Kier alpha value is -2.33. The van der Waals surface area contributed by atoms with Gasteiger partial charge in [0, 0.05) is 29.2 Å². The van der Waals surface area contributed by atoms with Crippen LogP contribution in [-0.4, -0.2) is 25.3 Å². The first kappa shape index (κ1) is 16.5. The molecule has 0 radical (unpaired) electrons. The van der Waals surface area contributed by atoms with Crippen LogP contribution in [0.1, 0.15) is 35.2 Å². The van der Waals surface area contributed by atoms with Crippen molar-refractivity contribution in [2.75, 3.05) is 18.6 Å². The number of amides is 1. The lowest BCUT2D eigenvalue weighted by atomic mass is 9.83. The number of benzene rings is 2. The summed E-state index contributed by atoms with van der Waals surface area (Å²) in [4.78, 5) is 27.1. The van der Waals surface area contributed by atoms with Crippen LogP contribution in [0.5, 0.6) is 5.75 Å². The van der Waals surface area contributed by atoms with Crippen LogP contribution in [0.3, 0.4) is 0 Å². The summed E-state index contributed by atoms with van der Waals surface area (Å²) >= 11 is 5.90. The molecule has 2 aromatic rings. The minimum Gasteiger partial charge on any atom is -0.497 e. The number of ketones is 1. The summed E-state index contributed by atoms with van der Waals surface area (Å²) in [5.74, 6) is 0.0485. The Morgan fingerprint density at radius 2 is 1.96 bits per heavy atom. The van der Waals surface area contributed by atoms with Crippen molar-refractivity contribution >= 4 is 29.0 Å². The molecule has 24 heavy (non-hydrogen) atoms. The largest absolute Gasteiger partial charge is 0.497 e. The van der Waals surface area contributed by atoms with E-state index in [0.717, 1.165) is 11.3 Å². The maximum Gasteiger partial charge on any atom is 0.228 e. The first-order valence-corrected chi connectivity index (χ1v) is 8.21. The van der Waals surface area contributed by atoms with Crippen molar-refractivity contribution in [3.8, 4) is 5.75 Å². The fourth-order valence-corrected chi connectivity index (χ4v) is 3.24. The van der Waals surface area contributed by atoms with Crippen molar-refractivity contribution in [2.45, 2.75) is 19.3 Å². The molecule has 124 valence electrons. The molecule has 1 atom stereocenters. The fraction of sp³-hybridized carbons (Fsp3) is 0.263. The number of fused-ring (bicyclic) bond motifs is 1. The highest BCUT2D eigenvalue weighted by atomic mass is 35.5. The van der Waals surface area contributed by atoms with Gasteiger partial charge in [0.15, 0.2) is 5.78 Å². The number of hydrogen-bond acceptors (Lipinski definition) is 3. The highest BCUT2D eigenvalue weighted by Gasteiger charge is 2.35. The molecule has 1 unspecified atom stereocenters. The van der Waals surface area contributed by atoms with Crippen molar-refractivity contribution in [1.29, 1.82) is 0 Å². The van der Waals surface area contributed by atoms with E-state index in [4.69, 9.17) is 16.3 Å². The van der Waals surface area contributed by atoms with Gasteiger partial charge in [0.2, 0.25) is 5.91 Å². The lowest BCUT2D eigenvalue weighted by Gasteiger charge is -2.33. The molecule has 1 amide bonds. The SMILES string of the molecule is CCN1C(=O)CC(C(=O)c2ccc(Cl)cc2)c2cc(OC)ccc21. The molecule has 0 aromatic heterocycles. The van der Waals surface area contributed by atoms with E-state index < -0.39 is 5.92 Å². The van der Waals surface area contributed by atoms with E-state index in [-0.39, 0.29) is 18.1 Å². The number of halogens is 1. The summed E-state index contributed by atoms with van der Waals surface area (Å²) in [6, 6.07) is 12.3. The summed E-state index contributed by atoms with van der Waals surface area (Å²) in [6.07, 6.45) is 0.162. The van der Waals surface area contributed by atoms with E-state index in [1.165, 1.54) is 0 Å². The lowest BCUT2D eigenvalue weighted by molar-refractivity contribution is -0.119. The van der Waals surface area contributed by atoms with E-state index in [0.29, 0.717) is 22.9 Å². The average Bonchev–Trinajstić information content (AvgIpc) is 2.60. The molecule has 1 aliphatic rings. The number of Topliss-reactive ketones (excluding diaryl/α,β-unsaturated/α-hetero) is 1. The highest BCUT2D eigenvalue weighted by Crippen LogP contribution is 2.39. The molecule has 1 heterocycles. The average molecular weight is 344 g/mol. The normalized spacial score (nSPS) is 16.7. The van der Waals surface area contributed by atoms with Crippen LogP contribution < -0.4 is 9.64 Å². The van der Waals surface area contributed by atoms with Gasteiger partial charge in [0.25, 0.3) is 0 Å². The quantitative estimate of drug-likeness (QED) is 0.786. The van der Waals surface area contributed by atoms with Gasteiger partial charge in [-0.1, -0.05) is 11.6 Å². The van der Waals surface area contributed by atoms with Crippen LogP contribution in [0.15, 0.2) is 42.5 Å². The zero-order valence-electron chi connectivity index (χ0n) is 13.6. The standard InChI is InChI=1S/C19H18ClNO3/c1-3-21-17-9-8-14(24-2)10-15(17)16(11-18(21)22)19(23)12-4-6-13(20)7-5-12/h4-10,16H,3,11H2,1-2H3.